The number of carbonyl (C=O) groups is 1. The minimum absolute atomic E-state index is 0.113. The Labute approximate surface area is 109 Å². The highest BCUT2D eigenvalue weighted by Crippen LogP contribution is 2.17. The van der Waals surface area contributed by atoms with E-state index in [1.165, 1.54) is 0 Å². The van der Waals surface area contributed by atoms with Gasteiger partial charge in [0.2, 0.25) is 0 Å². The van der Waals surface area contributed by atoms with Gasteiger partial charge in [-0.05, 0) is 26.8 Å². The molecule has 1 rings (SSSR count). The van der Waals surface area contributed by atoms with E-state index in [9.17, 15) is 4.79 Å². The minimum atomic E-state index is 0.113. The van der Waals surface area contributed by atoms with Crippen LogP contribution in [0.1, 0.15) is 20.3 Å². The van der Waals surface area contributed by atoms with Crippen molar-refractivity contribution in [3.63, 3.8) is 0 Å². The quantitative estimate of drug-likeness (QED) is 0.723. The summed E-state index contributed by atoms with van der Waals surface area (Å²) in [5.41, 5.74) is 0. The van der Waals surface area contributed by atoms with E-state index in [4.69, 9.17) is 11.6 Å². The normalized spacial score (nSPS) is 26.1. The van der Waals surface area contributed by atoms with Crippen molar-refractivity contribution in [1.29, 1.82) is 0 Å². The van der Waals surface area contributed by atoms with Gasteiger partial charge in [-0.3, -0.25) is 4.90 Å². The first-order chi connectivity index (χ1) is 7.97. The van der Waals surface area contributed by atoms with Crippen LogP contribution in [0, 0.1) is 0 Å². The second-order valence-electron chi connectivity index (χ2n) is 5.08. The fourth-order valence-electron chi connectivity index (χ4n) is 2.51. The van der Waals surface area contributed by atoms with Gasteiger partial charge in [-0.1, -0.05) is 0 Å². The summed E-state index contributed by atoms with van der Waals surface area (Å²) >= 11 is 5.72. The van der Waals surface area contributed by atoms with Gasteiger partial charge in [-0.25, -0.2) is 4.79 Å². The molecule has 0 aliphatic carbocycles. The second kappa shape index (κ2) is 6.45. The molecule has 2 amide bonds. The zero-order valence-corrected chi connectivity index (χ0v) is 12.1. The Balaban J connectivity index is 2.59. The Morgan fingerprint density at radius 1 is 1.29 bits per heavy atom. The van der Waals surface area contributed by atoms with Crippen LogP contribution in [0.2, 0.25) is 0 Å². The number of piperazine rings is 1. The monoisotopic (exact) mass is 261 g/mol. The van der Waals surface area contributed by atoms with Crippen molar-refractivity contribution in [3.8, 4) is 0 Å². The van der Waals surface area contributed by atoms with Crippen molar-refractivity contribution < 1.29 is 4.79 Å². The molecule has 1 heterocycles. The minimum Gasteiger partial charge on any atom is -0.331 e. The number of halogens is 1. The average molecular weight is 262 g/mol. The van der Waals surface area contributed by atoms with Crippen LogP contribution >= 0.6 is 11.6 Å². The molecule has 0 unspecified atom stereocenters. The largest absolute Gasteiger partial charge is 0.331 e. The SMILES string of the molecule is C[C@@H]1CN(CCCCl)C[C@H](C)N1C(=O)N(C)C. The van der Waals surface area contributed by atoms with E-state index in [0.717, 1.165) is 26.1 Å². The van der Waals surface area contributed by atoms with Gasteiger partial charge in [0.05, 0.1) is 0 Å². The summed E-state index contributed by atoms with van der Waals surface area (Å²) in [6.45, 7) is 7.15. The van der Waals surface area contributed by atoms with E-state index in [1.54, 1.807) is 4.90 Å². The van der Waals surface area contributed by atoms with Gasteiger partial charge < -0.3 is 9.80 Å². The maximum atomic E-state index is 12.1. The standard InChI is InChI=1S/C12H24ClN3O/c1-10-8-15(7-5-6-13)9-11(2)16(10)12(17)14(3)4/h10-11H,5-9H2,1-4H3/t10-,11+. The van der Waals surface area contributed by atoms with Crippen LogP contribution < -0.4 is 0 Å². The lowest BCUT2D eigenvalue weighted by Crippen LogP contribution is -2.60. The molecule has 0 bridgehead atoms. The van der Waals surface area contributed by atoms with Crippen LogP contribution in [-0.4, -0.2) is 72.4 Å². The van der Waals surface area contributed by atoms with Gasteiger partial charge >= 0.3 is 6.03 Å². The lowest BCUT2D eigenvalue weighted by atomic mass is 10.1. The number of amides is 2. The Kier molecular flexibility index (Phi) is 5.53. The number of carbonyl (C=O) groups excluding carboxylic acids is 1. The Bertz CT molecular complexity index is 248. The lowest BCUT2D eigenvalue weighted by molar-refractivity contribution is 0.0536. The summed E-state index contributed by atoms with van der Waals surface area (Å²) < 4.78 is 0. The van der Waals surface area contributed by atoms with Crippen molar-refractivity contribution >= 4 is 17.6 Å². The Hall–Kier alpha value is -0.480. The molecule has 2 atom stereocenters. The third kappa shape index (κ3) is 3.75. The highest BCUT2D eigenvalue weighted by molar-refractivity contribution is 6.17. The lowest BCUT2D eigenvalue weighted by Gasteiger charge is -2.45. The number of nitrogens with zero attached hydrogens (tertiary/aromatic N) is 3. The predicted molar refractivity (Wildman–Crippen MR) is 71.6 cm³/mol. The van der Waals surface area contributed by atoms with Gasteiger partial charge in [0.15, 0.2) is 0 Å². The second-order valence-corrected chi connectivity index (χ2v) is 5.46. The molecule has 0 aromatic heterocycles. The molecule has 1 aliphatic rings. The molecule has 0 spiro atoms. The van der Waals surface area contributed by atoms with Gasteiger partial charge in [-0.15, -0.1) is 11.6 Å². The first-order valence-corrected chi connectivity index (χ1v) is 6.78. The first-order valence-electron chi connectivity index (χ1n) is 6.25. The summed E-state index contributed by atoms with van der Waals surface area (Å²) in [6.07, 6.45) is 1.02. The fraction of sp³-hybridized carbons (Fsp3) is 0.917. The highest BCUT2D eigenvalue weighted by atomic mass is 35.5. The average Bonchev–Trinajstić information content (AvgIpc) is 2.25. The molecule has 0 aromatic carbocycles. The van der Waals surface area contributed by atoms with Gasteiger partial charge in [0, 0.05) is 45.1 Å². The first kappa shape index (κ1) is 14.6. The van der Waals surface area contributed by atoms with Gasteiger partial charge in [0.25, 0.3) is 0 Å². The summed E-state index contributed by atoms with van der Waals surface area (Å²) in [4.78, 5) is 18.1. The van der Waals surface area contributed by atoms with Crippen molar-refractivity contribution in [3.05, 3.63) is 0 Å². The summed E-state index contributed by atoms with van der Waals surface area (Å²) in [5.74, 6) is 0.708. The molecule has 1 saturated heterocycles. The molecular formula is C12H24ClN3O. The van der Waals surface area contributed by atoms with Crippen LogP contribution in [0.5, 0.6) is 0 Å². The maximum Gasteiger partial charge on any atom is 0.320 e. The smallest absolute Gasteiger partial charge is 0.320 e. The van der Waals surface area contributed by atoms with Crippen molar-refractivity contribution in [2.45, 2.75) is 32.4 Å². The van der Waals surface area contributed by atoms with E-state index < -0.39 is 0 Å². The van der Waals surface area contributed by atoms with Crippen LogP contribution in [0.4, 0.5) is 4.79 Å². The zero-order valence-electron chi connectivity index (χ0n) is 11.3. The molecular weight excluding hydrogens is 238 g/mol. The van der Waals surface area contributed by atoms with E-state index in [-0.39, 0.29) is 18.1 Å². The van der Waals surface area contributed by atoms with E-state index in [2.05, 4.69) is 18.7 Å². The molecule has 5 heteroatoms. The van der Waals surface area contributed by atoms with Crippen molar-refractivity contribution in [2.75, 3.05) is 39.6 Å². The number of urea groups is 1. The topological polar surface area (TPSA) is 26.8 Å². The molecule has 1 aliphatic heterocycles. The molecule has 0 saturated carbocycles. The van der Waals surface area contributed by atoms with Crippen LogP contribution in [0.3, 0.4) is 0 Å². The van der Waals surface area contributed by atoms with Gasteiger partial charge in [-0.2, -0.15) is 0 Å². The predicted octanol–water partition coefficient (Wildman–Crippen LogP) is 1.69. The third-order valence-corrected chi connectivity index (χ3v) is 3.47. The van der Waals surface area contributed by atoms with Crippen molar-refractivity contribution in [1.82, 2.24) is 14.7 Å². The fourth-order valence-corrected chi connectivity index (χ4v) is 2.63. The number of alkyl halides is 1. The number of hydrogen-bond acceptors (Lipinski definition) is 2. The van der Waals surface area contributed by atoms with Crippen LogP contribution in [0.15, 0.2) is 0 Å². The van der Waals surface area contributed by atoms with Crippen molar-refractivity contribution in [2.24, 2.45) is 0 Å². The highest BCUT2D eigenvalue weighted by Gasteiger charge is 2.33. The van der Waals surface area contributed by atoms with E-state index in [0.29, 0.717) is 5.88 Å². The zero-order chi connectivity index (χ0) is 13.0. The Morgan fingerprint density at radius 3 is 2.24 bits per heavy atom. The molecule has 4 nitrogen and oxygen atoms in total. The summed E-state index contributed by atoms with van der Waals surface area (Å²) in [7, 11) is 3.61. The summed E-state index contributed by atoms with van der Waals surface area (Å²) in [5, 5.41) is 0. The number of rotatable bonds is 3. The maximum absolute atomic E-state index is 12.1. The van der Waals surface area contributed by atoms with Crippen LogP contribution in [0.25, 0.3) is 0 Å². The van der Waals surface area contributed by atoms with E-state index >= 15 is 0 Å². The third-order valence-electron chi connectivity index (χ3n) is 3.21. The van der Waals surface area contributed by atoms with Gasteiger partial charge in [0.1, 0.15) is 0 Å². The van der Waals surface area contributed by atoms with Crippen LogP contribution in [-0.2, 0) is 0 Å². The summed E-state index contributed by atoms with van der Waals surface area (Å²) in [6, 6.07) is 0.648. The molecule has 1 fully saturated rings. The molecule has 0 N–H and O–H groups in total. The molecule has 0 radical (unpaired) electrons. The Morgan fingerprint density at radius 2 is 1.82 bits per heavy atom. The molecule has 0 aromatic rings. The van der Waals surface area contributed by atoms with E-state index in [1.807, 2.05) is 19.0 Å². The molecule has 100 valence electrons. The molecule has 17 heavy (non-hydrogen) atoms. The number of hydrogen-bond donors (Lipinski definition) is 0.